The van der Waals surface area contributed by atoms with E-state index in [1.807, 2.05) is 0 Å². The number of methoxy groups -OCH3 is 1. The van der Waals surface area contributed by atoms with Crippen molar-refractivity contribution in [1.82, 2.24) is 19.9 Å². The second-order valence-corrected chi connectivity index (χ2v) is 3.19. The van der Waals surface area contributed by atoms with Gasteiger partial charge in [0.2, 0.25) is 0 Å². The molecule has 2 heterocycles. The number of aromatic hydroxyl groups is 1. The molecule has 82 valence electrons. The predicted octanol–water partition coefficient (Wildman–Crippen LogP) is 1.30. The molecular formula is C9H7ClN4O2. The smallest absolute Gasteiger partial charge is 0.322 e. The first-order valence-electron chi connectivity index (χ1n) is 4.30. The molecule has 0 aliphatic carbocycles. The SMILES string of the molecule is COc1nc(O)nc(-c2ncccc2Cl)n1. The Bertz CT molecular complexity index is 521. The summed E-state index contributed by atoms with van der Waals surface area (Å²) in [5.74, 6) is 0.162. The molecule has 0 fully saturated rings. The van der Waals surface area contributed by atoms with Crippen molar-refractivity contribution in [3.63, 3.8) is 0 Å². The van der Waals surface area contributed by atoms with Crippen LogP contribution in [0.2, 0.25) is 5.02 Å². The van der Waals surface area contributed by atoms with Gasteiger partial charge >= 0.3 is 12.0 Å². The van der Waals surface area contributed by atoms with Crippen LogP contribution in [0.3, 0.4) is 0 Å². The number of aromatic nitrogens is 4. The fraction of sp³-hybridized carbons (Fsp3) is 0.111. The topological polar surface area (TPSA) is 81.0 Å². The highest BCUT2D eigenvalue weighted by Crippen LogP contribution is 2.23. The second kappa shape index (κ2) is 4.28. The maximum atomic E-state index is 9.26. The van der Waals surface area contributed by atoms with Crippen LogP contribution in [0.4, 0.5) is 0 Å². The highest BCUT2D eigenvalue weighted by atomic mass is 35.5. The van der Waals surface area contributed by atoms with Gasteiger partial charge in [-0.1, -0.05) is 11.6 Å². The van der Waals surface area contributed by atoms with Gasteiger partial charge in [0, 0.05) is 6.20 Å². The van der Waals surface area contributed by atoms with Crippen LogP contribution in [0.25, 0.3) is 11.5 Å². The zero-order chi connectivity index (χ0) is 11.5. The van der Waals surface area contributed by atoms with Crippen molar-refractivity contribution in [2.45, 2.75) is 0 Å². The van der Waals surface area contributed by atoms with Crippen molar-refractivity contribution in [3.8, 4) is 23.5 Å². The van der Waals surface area contributed by atoms with Crippen LogP contribution in [-0.2, 0) is 0 Å². The van der Waals surface area contributed by atoms with E-state index in [1.54, 1.807) is 18.3 Å². The lowest BCUT2D eigenvalue weighted by Gasteiger charge is -2.03. The van der Waals surface area contributed by atoms with E-state index in [-0.39, 0.29) is 11.8 Å². The normalized spacial score (nSPS) is 10.1. The molecule has 2 aromatic rings. The molecule has 0 unspecified atom stereocenters. The summed E-state index contributed by atoms with van der Waals surface area (Å²) in [6.07, 6.45) is 1.55. The van der Waals surface area contributed by atoms with Crippen molar-refractivity contribution in [3.05, 3.63) is 23.4 Å². The summed E-state index contributed by atoms with van der Waals surface area (Å²) in [6, 6.07) is 2.90. The van der Waals surface area contributed by atoms with Crippen LogP contribution >= 0.6 is 11.6 Å². The van der Waals surface area contributed by atoms with Gasteiger partial charge in [0.25, 0.3) is 0 Å². The summed E-state index contributed by atoms with van der Waals surface area (Å²) in [5.41, 5.74) is 0.361. The zero-order valence-electron chi connectivity index (χ0n) is 8.25. The number of halogens is 1. The molecule has 0 saturated heterocycles. The van der Waals surface area contributed by atoms with E-state index >= 15 is 0 Å². The van der Waals surface area contributed by atoms with Gasteiger partial charge in [-0.05, 0) is 12.1 Å². The molecule has 0 spiro atoms. The summed E-state index contributed by atoms with van der Waals surface area (Å²) in [5, 5.41) is 9.65. The van der Waals surface area contributed by atoms with E-state index < -0.39 is 6.01 Å². The summed E-state index contributed by atoms with van der Waals surface area (Å²) in [4.78, 5) is 15.2. The summed E-state index contributed by atoms with van der Waals surface area (Å²) >= 11 is 5.92. The molecule has 6 nitrogen and oxygen atoms in total. The summed E-state index contributed by atoms with van der Waals surface area (Å²) in [6.45, 7) is 0. The van der Waals surface area contributed by atoms with Gasteiger partial charge in [-0.25, -0.2) is 0 Å². The van der Waals surface area contributed by atoms with Crippen LogP contribution in [0, 0.1) is 0 Å². The fourth-order valence-corrected chi connectivity index (χ4v) is 1.30. The molecule has 1 N–H and O–H groups in total. The van der Waals surface area contributed by atoms with Crippen molar-refractivity contribution in [2.24, 2.45) is 0 Å². The number of pyridine rings is 1. The van der Waals surface area contributed by atoms with Gasteiger partial charge in [0.1, 0.15) is 5.69 Å². The minimum atomic E-state index is -0.441. The average Bonchev–Trinajstić information content (AvgIpc) is 2.28. The van der Waals surface area contributed by atoms with Gasteiger partial charge in [-0.2, -0.15) is 9.97 Å². The number of hydrogen-bond acceptors (Lipinski definition) is 6. The van der Waals surface area contributed by atoms with Gasteiger partial charge in [-0.15, -0.1) is 4.98 Å². The molecule has 16 heavy (non-hydrogen) atoms. The Hall–Kier alpha value is -1.95. The lowest BCUT2D eigenvalue weighted by molar-refractivity contribution is 0.356. The third-order valence-corrected chi connectivity index (χ3v) is 2.06. The molecular weight excluding hydrogens is 232 g/mol. The standard InChI is InChI=1S/C9H7ClN4O2/c1-16-9-13-7(12-8(15)14-9)6-5(10)3-2-4-11-6/h2-4H,1H3,(H,12,13,14,15). The predicted molar refractivity (Wildman–Crippen MR) is 56.3 cm³/mol. The van der Waals surface area contributed by atoms with Crippen LogP contribution in [0.1, 0.15) is 0 Å². The maximum Gasteiger partial charge on any atom is 0.322 e. The Morgan fingerprint density at radius 1 is 1.31 bits per heavy atom. The van der Waals surface area contributed by atoms with Crippen LogP contribution in [-0.4, -0.2) is 32.2 Å². The fourth-order valence-electron chi connectivity index (χ4n) is 1.09. The first-order valence-corrected chi connectivity index (χ1v) is 4.68. The van der Waals surface area contributed by atoms with E-state index in [0.717, 1.165) is 0 Å². The Kier molecular flexibility index (Phi) is 2.82. The lowest BCUT2D eigenvalue weighted by atomic mass is 10.3. The van der Waals surface area contributed by atoms with Crippen LogP contribution < -0.4 is 4.74 Å². The van der Waals surface area contributed by atoms with Crippen molar-refractivity contribution < 1.29 is 9.84 Å². The molecule has 2 aromatic heterocycles. The first kappa shape index (κ1) is 10.6. The van der Waals surface area contributed by atoms with Crippen molar-refractivity contribution in [2.75, 3.05) is 7.11 Å². The quantitative estimate of drug-likeness (QED) is 0.849. The van der Waals surface area contributed by atoms with Crippen molar-refractivity contribution >= 4 is 11.6 Å². The lowest BCUT2D eigenvalue weighted by Crippen LogP contribution is -1.98. The summed E-state index contributed by atoms with van der Waals surface area (Å²) < 4.78 is 4.80. The molecule has 0 radical (unpaired) electrons. The van der Waals surface area contributed by atoms with Gasteiger partial charge < -0.3 is 9.84 Å². The Morgan fingerprint density at radius 3 is 2.81 bits per heavy atom. The van der Waals surface area contributed by atoms with E-state index in [9.17, 15) is 5.11 Å². The third kappa shape index (κ3) is 2.01. The molecule has 2 rings (SSSR count). The largest absolute Gasteiger partial charge is 0.479 e. The van der Waals surface area contributed by atoms with Crippen LogP contribution in [0.15, 0.2) is 18.3 Å². The first-order chi connectivity index (χ1) is 7.70. The molecule has 0 bridgehead atoms. The minimum Gasteiger partial charge on any atom is -0.479 e. The Labute approximate surface area is 95.9 Å². The molecule has 0 aliphatic rings. The third-order valence-electron chi connectivity index (χ3n) is 1.76. The highest BCUT2D eigenvalue weighted by Gasteiger charge is 2.11. The zero-order valence-corrected chi connectivity index (χ0v) is 9.01. The van der Waals surface area contributed by atoms with Crippen molar-refractivity contribution in [1.29, 1.82) is 0 Å². The molecule has 0 aromatic carbocycles. The maximum absolute atomic E-state index is 9.26. The number of hydrogen-bond donors (Lipinski definition) is 1. The Balaban J connectivity index is 2.56. The second-order valence-electron chi connectivity index (χ2n) is 2.78. The van der Waals surface area contributed by atoms with Gasteiger partial charge in [-0.3, -0.25) is 4.98 Å². The highest BCUT2D eigenvalue weighted by molar-refractivity contribution is 6.32. The number of rotatable bonds is 2. The van der Waals surface area contributed by atoms with E-state index in [4.69, 9.17) is 16.3 Å². The van der Waals surface area contributed by atoms with Gasteiger partial charge in [0.15, 0.2) is 5.82 Å². The molecule has 0 aliphatic heterocycles. The van der Waals surface area contributed by atoms with Gasteiger partial charge in [0.05, 0.1) is 12.1 Å². The Morgan fingerprint density at radius 2 is 2.12 bits per heavy atom. The average molecular weight is 239 g/mol. The van der Waals surface area contributed by atoms with E-state index in [2.05, 4.69) is 19.9 Å². The minimum absolute atomic E-state index is 0.00391. The van der Waals surface area contributed by atoms with E-state index in [1.165, 1.54) is 7.11 Å². The monoisotopic (exact) mass is 238 g/mol. The van der Waals surface area contributed by atoms with E-state index in [0.29, 0.717) is 10.7 Å². The number of ether oxygens (including phenoxy) is 1. The number of nitrogens with zero attached hydrogens (tertiary/aromatic N) is 4. The molecule has 0 atom stereocenters. The molecule has 0 saturated carbocycles. The molecule has 7 heteroatoms. The van der Waals surface area contributed by atoms with Crippen LogP contribution in [0.5, 0.6) is 12.0 Å². The summed E-state index contributed by atoms with van der Waals surface area (Å²) in [7, 11) is 1.39. The molecule has 0 amide bonds.